The van der Waals surface area contributed by atoms with Crippen molar-refractivity contribution in [2.75, 3.05) is 6.54 Å². The largest absolute Gasteiger partial charge is 0.508 e. The van der Waals surface area contributed by atoms with Crippen molar-refractivity contribution in [2.24, 2.45) is 0 Å². The molecule has 0 fully saturated rings. The number of halogens is 1. The second kappa shape index (κ2) is 7.79. The molecule has 0 spiro atoms. The van der Waals surface area contributed by atoms with E-state index in [1.54, 1.807) is 12.1 Å². The lowest BCUT2D eigenvalue weighted by molar-refractivity contribution is 0.471. The first-order valence-electron chi connectivity index (χ1n) is 7.43. The first kappa shape index (κ1) is 15.5. The molecule has 0 bridgehead atoms. The van der Waals surface area contributed by atoms with Gasteiger partial charge in [0.2, 0.25) is 0 Å². The van der Waals surface area contributed by atoms with Crippen LogP contribution in [0.5, 0.6) is 5.75 Å². The van der Waals surface area contributed by atoms with Crippen molar-refractivity contribution in [1.29, 1.82) is 0 Å². The highest BCUT2D eigenvalue weighted by atomic mass is 19.1. The Labute approximate surface area is 125 Å². The Balaban J connectivity index is 2.04. The van der Waals surface area contributed by atoms with Crippen molar-refractivity contribution in [2.45, 2.75) is 32.2 Å². The normalized spacial score (nSPS) is 12.3. The second-order valence-corrected chi connectivity index (χ2v) is 5.36. The summed E-state index contributed by atoms with van der Waals surface area (Å²) in [4.78, 5) is 0. The summed E-state index contributed by atoms with van der Waals surface area (Å²) < 4.78 is 13.0. The van der Waals surface area contributed by atoms with Gasteiger partial charge in [0.25, 0.3) is 0 Å². The summed E-state index contributed by atoms with van der Waals surface area (Å²) in [6, 6.07) is 14.3. The van der Waals surface area contributed by atoms with Crippen LogP contribution in [0.15, 0.2) is 48.5 Å². The predicted octanol–water partition coefficient (Wildman–Crippen LogP) is 3.68. The molecule has 0 aliphatic carbocycles. The van der Waals surface area contributed by atoms with Gasteiger partial charge < -0.3 is 10.4 Å². The SMILES string of the molecule is CCCNC(Cc1ccc(F)cc1)Cc1cccc(O)c1. The molecule has 1 unspecified atom stereocenters. The highest BCUT2D eigenvalue weighted by Crippen LogP contribution is 2.15. The smallest absolute Gasteiger partial charge is 0.123 e. The van der Waals surface area contributed by atoms with E-state index < -0.39 is 0 Å². The molecule has 1 atom stereocenters. The van der Waals surface area contributed by atoms with E-state index in [-0.39, 0.29) is 11.9 Å². The lowest BCUT2D eigenvalue weighted by Crippen LogP contribution is -2.33. The number of nitrogens with one attached hydrogen (secondary N) is 1. The van der Waals surface area contributed by atoms with Crippen LogP contribution in [0.2, 0.25) is 0 Å². The molecule has 0 aliphatic heterocycles. The Kier molecular flexibility index (Phi) is 5.76. The molecule has 2 aromatic carbocycles. The van der Waals surface area contributed by atoms with Crippen LogP contribution < -0.4 is 5.32 Å². The van der Waals surface area contributed by atoms with Gasteiger partial charge >= 0.3 is 0 Å². The molecule has 0 aliphatic rings. The summed E-state index contributed by atoms with van der Waals surface area (Å²) in [5.74, 6) is 0.0910. The summed E-state index contributed by atoms with van der Waals surface area (Å²) in [7, 11) is 0. The standard InChI is InChI=1S/C18H22FNO/c1-2-10-20-17(11-14-6-8-16(19)9-7-14)12-15-4-3-5-18(21)13-15/h3-9,13,17,20-21H,2,10-12H2,1H3. The highest BCUT2D eigenvalue weighted by Gasteiger charge is 2.10. The van der Waals surface area contributed by atoms with Crippen molar-refractivity contribution in [3.63, 3.8) is 0 Å². The zero-order chi connectivity index (χ0) is 15.1. The Hall–Kier alpha value is -1.87. The summed E-state index contributed by atoms with van der Waals surface area (Å²) in [5.41, 5.74) is 2.22. The molecule has 2 nitrogen and oxygen atoms in total. The molecule has 0 radical (unpaired) electrons. The zero-order valence-corrected chi connectivity index (χ0v) is 12.3. The minimum Gasteiger partial charge on any atom is -0.508 e. The van der Waals surface area contributed by atoms with Crippen LogP contribution in [-0.2, 0) is 12.8 Å². The van der Waals surface area contributed by atoms with Gasteiger partial charge in [-0.05, 0) is 61.2 Å². The molecule has 2 aromatic rings. The summed E-state index contributed by atoms with van der Waals surface area (Å²) in [5, 5.41) is 13.1. The van der Waals surface area contributed by atoms with E-state index in [0.29, 0.717) is 5.75 Å². The molecule has 2 N–H and O–H groups in total. The maximum absolute atomic E-state index is 13.0. The van der Waals surface area contributed by atoms with Crippen molar-refractivity contribution in [3.05, 3.63) is 65.5 Å². The molecule has 0 saturated heterocycles. The number of hydrogen-bond acceptors (Lipinski definition) is 2. The Morgan fingerprint density at radius 3 is 2.43 bits per heavy atom. The molecular weight excluding hydrogens is 265 g/mol. The van der Waals surface area contributed by atoms with Crippen LogP contribution >= 0.6 is 0 Å². The fraction of sp³-hybridized carbons (Fsp3) is 0.333. The summed E-state index contributed by atoms with van der Waals surface area (Å²) >= 11 is 0. The minimum atomic E-state index is -0.204. The molecule has 0 saturated carbocycles. The van der Waals surface area contributed by atoms with Gasteiger partial charge in [0.1, 0.15) is 11.6 Å². The minimum absolute atomic E-state index is 0.204. The van der Waals surface area contributed by atoms with E-state index in [4.69, 9.17) is 0 Å². The zero-order valence-electron chi connectivity index (χ0n) is 12.3. The maximum atomic E-state index is 13.0. The van der Waals surface area contributed by atoms with Crippen molar-refractivity contribution in [1.82, 2.24) is 5.32 Å². The first-order valence-corrected chi connectivity index (χ1v) is 7.43. The van der Waals surface area contributed by atoms with E-state index in [0.717, 1.165) is 36.9 Å². The van der Waals surface area contributed by atoms with Crippen molar-refractivity contribution < 1.29 is 9.50 Å². The van der Waals surface area contributed by atoms with Crippen LogP contribution in [-0.4, -0.2) is 17.7 Å². The second-order valence-electron chi connectivity index (χ2n) is 5.36. The number of phenolic OH excluding ortho intramolecular Hbond substituents is 1. The first-order chi connectivity index (χ1) is 10.2. The predicted molar refractivity (Wildman–Crippen MR) is 84.0 cm³/mol. The average molecular weight is 287 g/mol. The third-order valence-electron chi connectivity index (χ3n) is 3.47. The van der Waals surface area contributed by atoms with E-state index in [2.05, 4.69) is 12.2 Å². The number of rotatable bonds is 7. The molecular formula is C18H22FNO. The molecule has 112 valence electrons. The van der Waals surface area contributed by atoms with Gasteiger partial charge in [-0.1, -0.05) is 31.2 Å². The topological polar surface area (TPSA) is 32.3 Å². The number of benzene rings is 2. The van der Waals surface area contributed by atoms with E-state index in [1.807, 2.05) is 24.3 Å². The van der Waals surface area contributed by atoms with Gasteiger partial charge in [0.15, 0.2) is 0 Å². The third kappa shape index (κ3) is 5.20. The lowest BCUT2D eigenvalue weighted by Gasteiger charge is -2.19. The molecule has 21 heavy (non-hydrogen) atoms. The fourth-order valence-electron chi connectivity index (χ4n) is 2.44. The van der Waals surface area contributed by atoms with Crippen molar-refractivity contribution >= 4 is 0 Å². The van der Waals surface area contributed by atoms with Gasteiger partial charge in [-0.25, -0.2) is 4.39 Å². The maximum Gasteiger partial charge on any atom is 0.123 e. The van der Waals surface area contributed by atoms with Gasteiger partial charge in [0, 0.05) is 6.04 Å². The van der Waals surface area contributed by atoms with Crippen LogP contribution in [0.25, 0.3) is 0 Å². The molecule has 2 rings (SSSR count). The summed E-state index contributed by atoms with van der Waals surface area (Å²) in [6.07, 6.45) is 2.75. The van der Waals surface area contributed by atoms with Crippen LogP contribution in [0.4, 0.5) is 4.39 Å². The van der Waals surface area contributed by atoms with E-state index in [9.17, 15) is 9.50 Å². The number of aromatic hydroxyl groups is 1. The van der Waals surface area contributed by atoms with Crippen LogP contribution in [0, 0.1) is 5.82 Å². The molecule has 0 amide bonds. The van der Waals surface area contributed by atoms with E-state index in [1.165, 1.54) is 12.1 Å². The number of phenols is 1. The Morgan fingerprint density at radius 2 is 1.76 bits per heavy atom. The number of hydrogen-bond donors (Lipinski definition) is 2. The quantitative estimate of drug-likeness (QED) is 0.814. The monoisotopic (exact) mass is 287 g/mol. The van der Waals surface area contributed by atoms with Gasteiger partial charge in [-0.15, -0.1) is 0 Å². The third-order valence-corrected chi connectivity index (χ3v) is 3.47. The highest BCUT2D eigenvalue weighted by molar-refractivity contribution is 5.28. The summed E-state index contributed by atoms with van der Waals surface area (Å²) in [6.45, 7) is 3.08. The molecule has 3 heteroatoms. The Bertz CT molecular complexity index is 553. The van der Waals surface area contributed by atoms with Crippen molar-refractivity contribution in [3.8, 4) is 5.75 Å². The van der Waals surface area contributed by atoms with Gasteiger partial charge in [0.05, 0.1) is 0 Å². The van der Waals surface area contributed by atoms with E-state index >= 15 is 0 Å². The van der Waals surface area contributed by atoms with Crippen LogP contribution in [0.1, 0.15) is 24.5 Å². The van der Waals surface area contributed by atoms with Gasteiger partial charge in [-0.3, -0.25) is 0 Å². The fourth-order valence-corrected chi connectivity index (χ4v) is 2.44. The molecule has 0 aromatic heterocycles. The van der Waals surface area contributed by atoms with Gasteiger partial charge in [-0.2, -0.15) is 0 Å². The van der Waals surface area contributed by atoms with Crippen LogP contribution in [0.3, 0.4) is 0 Å². The average Bonchev–Trinajstić information content (AvgIpc) is 2.47. The Morgan fingerprint density at radius 1 is 1.05 bits per heavy atom. The lowest BCUT2D eigenvalue weighted by atomic mass is 9.98. The molecule has 0 heterocycles.